The van der Waals surface area contributed by atoms with Crippen LogP contribution >= 0.6 is 0 Å². The zero-order chi connectivity index (χ0) is 17.4. The van der Waals surface area contributed by atoms with Crippen molar-refractivity contribution in [1.82, 2.24) is 14.9 Å². The smallest absolute Gasteiger partial charge is 0.326 e. The fourth-order valence-corrected chi connectivity index (χ4v) is 4.58. The second-order valence-corrected chi connectivity index (χ2v) is 7.81. The van der Waals surface area contributed by atoms with Crippen molar-refractivity contribution in [3.05, 3.63) is 34.2 Å². The number of nitrogens with zero attached hydrogens (tertiary/aromatic N) is 1. The highest BCUT2D eigenvalue weighted by molar-refractivity contribution is 5.97. The van der Waals surface area contributed by atoms with Gasteiger partial charge in [0.05, 0.1) is 11.0 Å². The van der Waals surface area contributed by atoms with Crippen molar-refractivity contribution in [1.29, 1.82) is 0 Å². The number of hydrogen-bond donors (Lipinski definition) is 2. The predicted octanol–water partition coefficient (Wildman–Crippen LogP) is 3.75. The molecule has 2 aromatic rings. The van der Waals surface area contributed by atoms with Crippen molar-refractivity contribution in [2.24, 2.45) is 5.92 Å². The Morgan fingerprint density at radius 3 is 2.60 bits per heavy atom. The lowest BCUT2D eigenvalue weighted by atomic mass is 9.86. The molecule has 0 radical (unpaired) electrons. The zero-order valence-electron chi connectivity index (χ0n) is 14.9. The second-order valence-electron chi connectivity index (χ2n) is 7.81. The summed E-state index contributed by atoms with van der Waals surface area (Å²) in [5, 5.41) is 3.19. The first kappa shape index (κ1) is 16.4. The van der Waals surface area contributed by atoms with E-state index in [1.165, 1.54) is 32.1 Å². The standard InChI is InChI=1S/C20H27N3O2/c1-13-6-2-5-9-16(13)21-19(24)14-10-11-18-17(12-14)22-20(25)23(18)15-7-3-4-8-15/h10-13,15-16H,2-9H2,1H3,(H,21,24)(H,22,25)/t13-,16-/m1/s1. The van der Waals surface area contributed by atoms with E-state index in [9.17, 15) is 9.59 Å². The Bertz CT molecular complexity index is 829. The predicted molar refractivity (Wildman–Crippen MR) is 98.9 cm³/mol. The highest BCUT2D eigenvalue weighted by Crippen LogP contribution is 2.31. The van der Waals surface area contributed by atoms with Crippen LogP contribution in [0, 0.1) is 5.92 Å². The Kier molecular flexibility index (Phi) is 4.40. The van der Waals surface area contributed by atoms with Crippen LogP contribution in [-0.4, -0.2) is 21.5 Å². The van der Waals surface area contributed by atoms with Gasteiger partial charge in [-0.1, -0.05) is 32.6 Å². The first-order valence-corrected chi connectivity index (χ1v) is 9.68. The van der Waals surface area contributed by atoms with Gasteiger partial charge in [0.15, 0.2) is 0 Å². The molecule has 0 bridgehead atoms. The number of imidazole rings is 1. The Morgan fingerprint density at radius 2 is 1.84 bits per heavy atom. The molecule has 1 aromatic carbocycles. The van der Waals surface area contributed by atoms with Crippen LogP contribution in [0.5, 0.6) is 0 Å². The molecule has 134 valence electrons. The molecule has 4 rings (SSSR count). The first-order chi connectivity index (χ1) is 12.1. The van der Waals surface area contributed by atoms with Gasteiger partial charge in [-0.25, -0.2) is 4.79 Å². The van der Waals surface area contributed by atoms with Gasteiger partial charge in [-0.3, -0.25) is 9.36 Å². The van der Waals surface area contributed by atoms with Crippen molar-refractivity contribution in [3.63, 3.8) is 0 Å². The van der Waals surface area contributed by atoms with Crippen molar-refractivity contribution >= 4 is 16.9 Å². The van der Waals surface area contributed by atoms with Gasteiger partial charge in [-0.15, -0.1) is 0 Å². The number of aromatic nitrogens is 2. The van der Waals surface area contributed by atoms with Gasteiger partial charge < -0.3 is 10.3 Å². The van der Waals surface area contributed by atoms with Gasteiger partial charge in [0.1, 0.15) is 0 Å². The minimum Gasteiger partial charge on any atom is -0.349 e. The summed E-state index contributed by atoms with van der Waals surface area (Å²) >= 11 is 0. The summed E-state index contributed by atoms with van der Waals surface area (Å²) in [7, 11) is 0. The number of carbonyl (C=O) groups excluding carboxylic acids is 1. The fraction of sp³-hybridized carbons (Fsp3) is 0.600. The number of carbonyl (C=O) groups is 1. The molecule has 2 aliphatic rings. The summed E-state index contributed by atoms with van der Waals surface area (Å²) in [5.41, 5.74) is 2.26. The summed E-state index contributed by atoms with van der Waals surface area (Å²) in [6.07, 6.45) is 9.18. The van der Waals surface area contributed by atoms with Crippen LogP contribution in [0.25, 0.3) is 11.0 Å². The number of aromatic amines is 1. The maximum atomic E-state index is 12.6. The van der Waals surface area contributed by atoms with E-state index < -0.39 is 0 Å². The number of H-pyrrole nitrogens is 1. The molecule has 1 aromatic heterocycles. The summed E-state index contributed by atoms with van der Waals surface area (Å²) in [6, 6.07) is 6.16. The zero-order valence-corrected chi connectivity index (χ0v) is 14.9. The molecule has 1 amide bonds. The number of amides is 1. The summed E-state index contributed by atoms with van der Waals surface area (Å²) < 4.78 is 1.88. The molecule has 0 saturated heterocycles. The topological polar surface area (TPSA) is 66.9 Å². The number of fused-ring (bicyclic) bond motifs is 1. The Balaban J connectivity index is 1.58. The SMILES string of the molecule is C[C@@H]1CCCC[C@H]1NC(=O)c1ccc2c(c1)[nH]c(=O)n2C1CCCC1. The monoisotopic (exact) mass is 341 g/mol. The van der Waals surface area contributed by atoms with Crippen LogP contribution in [-0.2, 0) is 0 Å². The van der Waals surface area contributed by atoms with Gasteiger partial charge in [-0.05, 0) is 49.8 Å². The lowest BCUT2D eigenvalue weighted by molar-refractivity contribution is 0.0910. The van der Waals surface area contributed by atoms with Crippen LogP contribution in [0.3, 0.4) is 0 Å². The summed E-state index contributed by atoms with van der Waals surface area (Å²) in [5.74, 6) is 0.500. The lowest BCUT2D eigenvalue weighted by Crippen LogP contribution is -2.41. The minimum atomic E-state index is -0.0552. The molecular formula is C20H27N3O2. The molecule has 2 aliphatic carbocycles. The molecule has 2 saturated carbocycles. The normalized spacial score (nSPS) is 24.7. The first-order valence-electron chi connectivity index (χ1n) is 9.68. The Labute approximate surface area is 147 Å². The van der Waals surface area contributed by atoms with E-state index in [4.69, 9.17) is 0 Å². The van der Waals surface area contributed by atoms with Crippen LogP contribution in [0.15, 0.2) is 23.0 Å². The highest BCUT2D eigenvalue weighted by atomic mass is 16.2. The van der Waals surface area contributed by atoms with Crippen molar-refractivity contribution in [3.8, 4) is 0 Å². The Hall–Kier alpha value is -2.04. The summed E-state index contributed by atoms with van der Waals surface area (Å²) in [6.45, 7) is 2.21. The molecule has 2 atom stereocenters. The van der Waals surface area contributed by atoms with Crippen LogP contribution < -0.4 is 11.0 Å². The average molecular weight is 341 g/mol. The van der Waals surface area contributed by atoms with Crippen molar-refractivity contribution < 1.29 is 4.79 Å². The third-order valence-corrected chi connectivity index (χ3v) is 6.10. The maximum absolute atomic E-state index is 12.6. The lowest BCUT2D eigenvalue weighted by Gasteiger charge is -2.29. The molecule has 5 heteroatoms. The maximum Gasteiger partial charge on any atom is 0.326 e. The Morgan fingerprint density at radius 1 is 1.12 bits per heavy atom. The third-order valence-electron chi connectivity index (χ3n) is 6.10. The molecule has 5 nitrogen and oxygen atoms in total. The molecule has 25 heavy (non-hydrogen) atoms. The molecule has 0 unspecified atom stereocenters. The van der Waals surface area contributed by atoms with Gasteiger partial charge in [-0.2, -0.15) is 0 Å². The molecule has 1 heterocycles. The molecular weight excluding hydrogens is 314 g/mol. The van der Waals surface area contributed by atoms with Crippen LogP contribution in [0.1, 0.15) is 74.7 Å². The third kappa shape index (κ3) is 3.12. The number of rotatable bonds is 3. The number of nitrogens with one attached hydrogen (secondary N) is 2. The van der Waals surface area contributed by atoms with Gasteiger partial charge in [0, 0.05) is 17.6 Å². The van der Waals surface area contributed by atoms with E-state index in [0.29, 0.717) is 17.5 Å². The number of hydrogen-bond acceptors (Lipinski definition) is 2. The van der Waals surface area contributed by atoms with E-state index in [0.717, 1.165) is 30.3 Å². The average Bonchev–Trinajstić information content (AvgIpc) is 3.22. The fourth-order valence-electron chi connectivity index (χ4n) is 4.58. The molecule has 2 fully saturated rings. The summed E-state index contributed by atoms with van der Waals surface area (Å²) in [4.78, 5) is 28.0. The second kappa shape index (κ2) is 6.70. The van der Waals surface area contributed by atoms with Crippen molar-refractivity contribution in [2.45, 2.75) is 70.4 Å². The van der Waals surface area contributed by atoms with Gasteiger partial charge in [0.25, 0.3) is 5.91 Å². The molecule has 2 N–H and O–H groups in total. The van der Waals surface area contributed by atoms with Crippen LogP contribution in [0.2, 0.25) is 0 Å². The van der Waals surface area contributed by atoms with E-state index in [-0.39, 0.29) is 17.6 Å². The van der Waals surface area contributed by atoms with E-state index in [1.54, 1.807) is 0 Å². The number of benzene rings is 1. The van der Waals surface area contributed by atoms with E-state index in [2.05, 4.69) is 17.2 Å². The van der Waals surface area contributed by atoms with Crippen molar-refractivity contribution in [2.75, 3.05) is 0 Å². The largest absolute Gasteiger partial charge is 0.349 e. The highest BCUT2D eigenvalue weighted by Gasteiger charge is 2.24. The van der Waals surface area contributed by atoms with E-state index >= 15 is 0 Å². The molecule has 0 aliphatic heterocycles. The van der Waals surface area contributed by atoms with Crippen LogP contribution in [0.4, 0.5) is 0 Å². The van der Waals surface area contributed by atoms with E-state index in [1.807, 2.05) is 22.8 Å². The van der Waals surface area contributed by atoms with Gasteiger partial charge in [0.2, 0.25) is 0 Å². The quantitative estimate of drug-likeness (QED) is 0.893. The minimum absolute atomic E-state index is 0.0323. The molecule has 0 spiro atoms. The van der Waals surface area contributed by atoms with Gasteiger partial charge >= 0.3 is 5.69 Å².